The van der Waals surface area contributed by atoms with Crippen LogP contribution in [0.1, 0.15) is 22.3 Å². The zero-order chi connectivity index (χ0) is 20.1. The second-order valence-corrected chi connectivity index (χ2v) is 6.68. The second kappa shape index (κ2) is 8.79. The van der Waals surface area contributed by atoms with Crippen molar-refractivity contribution in [2.45, 2.75) is 13.0 Å². The molecule has 1 fully saturated rings. The molecule has 0 N–H and O–H groups in total. The van der Waals surface area contributed by atoms with Gasteiger partial charge in [0.2, 0.25) is 0 Å². The monoisotopic (exact) mass is 387 g/mol. The van der Waals surface area contributed by atoms with Crippen molar-refractivity contribution in [3.05, 3.63) is 69.5 Å². The number of methoxy groups -OCH3 is 1. The first-order chi connectivity index (χ1) is 13.5. The molecular formula is C20H22FN3O4. The Labute approximate surface area is 162 Å². The molecule has 0 bridgehead atoms. The summed E-state index contributed by atoms with van der Waals surface area (Å²) in [5, 5.41) is 11.1. The normalized spacial score (nSPS) is 15.1. The maximum absolute atomic E-state index is 13.1. The first-order valence-electron chi connectivity index (χ1n) is 9.06. The molecule has 0 aliphatic carbocycles. The number of benzene rings is 2. The molecule has 0 unspecified atom stereocenters. The molecule has 2 aromatic rings. The van der Waals surface area contributed by atoms with Gasteiger partial charge in [-0.3, -0.25) is 19.8 Å². The molecule has 7 nitrogen and oxygen atoms in total. The average molecular weight is 387 g/mol. The van der Waals surface area contributed by atoms with E-state index in [9.17, 15) is 19.3 Å². The fraction of sp³-hybridized carbons (Fsp3) is 0.350. The molecule has 0 saturated carbocycles. The molecule has 8 heteroatoms. The third-order valence-electron chi connectivity index (χ3n) is 4.84. The summed E-state index contributed by atoms with van der Waals surface area (Å²) in [6, 6.07) is 10.1. The number of non-ortho nitro benzene ring substituents is 1. The number of carbonyl (C=O) groups is 1. The van der Waals surface area contributed by atoms with Crippen LogP contribution in [0.15, 0.2) is 42.5 Å². The number of nitro benzene ring substituents is 1. The van der Waals surface area contributed by atoms with Gasteiger partial charge >= 0.3 is 0 Å². The van der Waals surface area contributed by atoms with Crippen LogP contribution < -0.4 is 4.74 Å². The van der Waals surface area contributed by atoms with E-state index in [2.05, 4.69) is 4.90 Å². The number of hydrogen-bond donors (Lipinski definition) is 0. The predicted molar refractivity (Wildman–Crippen MR) is 102 cm³/mol. The van der Waals surface area contributed by atoms with Crippen molar-refractivity contribution in [2.24, 2.45) is 0 Å². The highest BCUT2D eigenvalue weighted by molar-refractivity contribution is 5.94. The summed E-state index contributed by atoms with van der Waals surface area (Å²) in [5.74, 6) is 0.119. The van der Waals surface area contributed by atoms with Gasteiger partial charge in [0.15, 0.2) is 0 Å². The number of halogens is 1. The number of amides is 1. The van der Waals surface area contributed by atoms with Gasteiger partial charge in [0.1, 0.15) is 11.6 Å². The third-order valence-corrected chi connectivity index (χ3v) is 4.84. The van der Waals surface area contributed by atoms with E-state index in [1.165, 1.54) is 43.5 Å². The lowest BCUT2D eigenvalue weighted by molar-refractivity contribution is -0.385. The van der Waals surface area contributed by atoms with Gasteiger partial charge in [-0.2, -0.15) is 0 Å². The number of hydrogen-bond acceptors (Lipinski definition) is 5. The fourth-order valence-corrected chi connectivity index (χ4v) is 3.35. The van der Waals surface area contributed by atoms with Crippen LogP contribution in [-0.4, -0.2) is 53.9 Å². The minimum absolute atomic E-state index is 0.0266. The Hall–Kier alpha value is -3.00. The minimum Gasteiger partial charge on any atom is -0.496 e. The van der Waals surface area contributed by atoms with Crippen molar-refractivity contribution in [2.75, 3.05) is 33.3 Å². The van der Waals surface area contributed by atoms with Gasteiger partial charge in [-0.05, 0) is 36.8 Å². The van der Waals surface area contributed by atoms with E-state index in [1.54, 1.807) is 11.0 Å². The molecule has 0 radical (unpaired) electrons. The Morgan fingerprint density at radius 2 is 1.89 bits per heavy atom. The number of rotatable bonds is 5. The predicted octanol–water partition coefficient (Wildman–Crippen LogP) is 3.09. The van der Waals surface area contributed by atoms with E-state index < -0.39 is 4.92 Å². The van der Waals surface area contributed by atoms with Gasteiger partial charge in [0.05, 0.1) is 12.0 Å². The quantitative estimate of drug-likeness (QED) is 0.582. The Morgan fingerprint density at radius 1 is 1.14 bits per heavy atom. The summed E-state index contributed by atoms with van der Waals surface area (Å²) >= 11 is 0. The molecule has 1 amide bonds. The zero-order valence-corrected chi connectivity index (χ0v) is 15.6. The summed E-state index contributed by atoms with van der Waals surface area (Å²) in [6.45, 7) is 3.05. The van der Waals surface area contributed by atoms with Gasteiger partial charge in [-0.15, -0.1) is 0 Å². The summed E-state index contributed by atoms with van der Waals surface area (Å²) in [7, 11) is 1.54. The molecular weight excluding hydrogens is 365 g/mol. The van der Waals surface area contributed by atoms with E-state index in [0.29, 0.717) is 37.5 Å². The lowest BCUT2D eigenvalue weighted by Crippen LogP contribution is -2.35. The summed E-state index contributed by atoms with van der Waals surface area (Å²) < 4.78 is 18.4. The smallest absolute Gasteiger partial charge is 0.270 e. The van der Waals surface area contributed by atoms with Crippen molar-refractivity contribution in [1.82, 2.24) is 9.80 Å². The van der Waals surface area contributed by atoms with Crippen LogP contribution >= 0.6 is 0 Å². The molecule has 28 heavy (non-hydrogen) atoms. The van der Waals surface area contributed by atoms with Gasteiger partial charge in [0.25, 0.3) is 11.6 Å². The minimum atomic E-state index is -0.422. The van der Waals surface area contributed by atoms with E-state index in [0.717, 1.165) is 18.5 Å². The molecule has 1 saturated heterocycles. The molecule has 1 aliphatic heterocycles. The van der Waals surface area contributed by atoms with E-state index in [4.69, 9.17) is 4.74 Å². The van der Waals surface area contributed by atoms with Crippen LogP contribution in [0.5, 0.6) is 5.75 Å². The first kappa shape index (κ1) is 19.8. The van der Waals surface area contributed by atoms with Crippen molar-refractivity contribution < 1.29 is 18.8 Å². The second-order valence-electron chi connectivity index (χ2n) is 6.68. The Balaban J connectivity index is 1.67. The highest BCUT2D eigenvalue weighted by Gasteiger charge is 2.22. The standard InChI is InChI=1S/C20H22FN3O4/c1-28-19-8-7-18(24(26)27)13-16(19)14-22-9-2-10-23(12-11-22)20(25)15-3-5-17(21)6-4-15/h3-8,13H,2,9-12,14H2,1H3. The molecule has 2 aromatic carbocycles. The topological polar surface area (TPSA) is 75.9 Å². The van der Waals surface area contributed by atoms with Crippen LogP contribution in [0.4, 0.5) is 10.1 Å². The maximum Gasteiger partial charge on any atom is 0.270 e. The largest absolute Gasteiger partial charge is 0.496 e. The van der Waals surface area contributed by atoms with E-state index in [1.807, 2.05) is 0 Å². The van der Waals surface area contributed by atoms with Gasteiger partial charge < -0.3 is 9.64 Å². The van der Waals surface area contributed by atoms with Crippen molar-refractivity contribution in [3.8, 4) is 5.75 Å². The van der Waals surface area contributed by atoms with Gasteiger partial charge in [-0.25, -0.2) is 4.39 Å². The average Bonchev–Trinajstić information content (AvgIpc) is 2.93. The number of ether oxygens (including phenoxy) is 1. The maximum atomic E-state index is 13.1. The molecule has 1 aliphatic rings. The fourth-order valence-electron chi connectivity index (χ4n) is 3.35. The summed E-state index contributed by atoms with van der Waals surface area (Å²) in [5.41, 5.74) is 1.24. The molecule has 1 heterocycles. The highest BCUT2D eigenvalue weighted by atomic mass is 19.1. The number of nitrogens with zero attached hydrogens (tertiary/aromatic N) is 3. The molecule has 0 spiro atoms. The number of carbonyl (C=O) groups excluding carboxylic acids is 1. The SMILES string of the molecule is COc1ccc([N+](=O)[O-])cc1CN1CCCN(C(=O)c2ccc(F)cc2)CC1. The lowest BCUT2D eigenvalue weighted by Gasteiger charge is -2.22. The van der Waals surface area contributed by atoms with Crippen LogP contribution in [0, 0.1) is 15.9 Å². The molecule has 148 valence electrons. The number of nitro groups is 1. The highest BCUT2D eigenvalue weighted by Crippen LogP contribution is 2.25. The zero-order valence-electron chi connectivity index (χ0n) is 15.6. The van der Waals surface area contributed by atoms with Crippen LogP contribution in [0.25, 0.3) is 0 Å². The van der Waals surface area contributed by atoms with E-state index in [-0.39, 0.29) is 17.4 Å². The molecule has 3 rings (SSSR count). The van der Waals surface area contributed by atoms with Crippen LogP contribution in [-0.2, 0) is 6.54 Å². The molecule has 0 aromatic heterocycles. The molecule has 0 atom stereocenters. The van der Waals surface area contributed by atoms with E-state index >= 15 is 0 Å². The Kier molecular flexibility index (Phi) is 6.20. The van der Waals surface area contributed by atoms with Gasteiger partial charge in [-0.1, -0.05) is 0 Å². The van der Waals surface area contributed by atoms with Crippen LogP contribution in [0.2, 0.25) is 0 Å². The van der Waals surface area contributed by atoms with Crippen molar-refractivity contribution in [3.63, 3.8) is 0 Å². The van der Waals surface area contributed by atoms with Gasteiger partial charge in [0, 0.05) is 56.0 Å². The Morgan fingerprint density at radius 3 is 2.57 bits per heavy atom. The lowest BCUT2D eigenvalue weighted by atomic mass is 10.1. The summed E-state index contributed by atoms with van der Waals surface area (Å²) in [4.78, 5) is 27.2. The van der Waals surface area contributed by atoms with Crippen LogP contribution in [0.3, 0.4) is 0 Å². The Bertz CT molecular complexity index is 857. The van der Waals surface area contributed by atoms with Crippen molar-refractivity contribution in [1.29, 1.82) is 0 Å². The first-order valence-corrected chi connectivity index (χ1v) is 9.06. The summed E-state index contributed by atoms with van der Waals surface area (Å²) in [6.07, 6.45) is 0.782. The van der Waals surface area contributed by atoms with Crippen molar-refractivity contribution >= 4 is 11.6 Å². The third kappa shape index (κ3) is 4.64.